The lowest BCUT2D eigenvalue weighted by Gasteiger charge is -2.11. The number of carbonyl (C=O) groups is 3. The molecule has 0 atom stereocenters. The van der Waals surface area contributed by atoms with Crippen molar-refractivity contribution in [2.75, 3.05) is 18.5 Å². The Morgan fingerprint density at radius 3 is 2.56 bits per heavy atom. The fourth-order valence-corrected chi connectivity index (χ4v) is 3.23. The van der Waals surface area contributed by atoms with Gasteiger partial charge in [-0.3, -0.25) is 9.59 Å². The minimum Gasteiger partial charge on any atom is -0.480 e. The Morgan fingerprint density at radius 2 is 1.89 bits per heavy atom. The van der Waals surface area contributed by atoms with Crippen molar-refractivity contribution in [3.63, 3.8) is 0 Å². The highest BCUT2D eigenvalue weighted by atomic mass is 79.9. The molecule has 2 rings (SSSR count). The summed E-state index contributed by atoms with van der Waals surface area (Å²) in [7, 11) is 0. The van der Waals surface area contributed by atoms with E-state index in [2.05, 4.69) is 21.2 Å². The third kappa shape index (κ3) is 6.37. The number of Topliss-reactive ketones (excluding diaryl/α,β-unsaturated/α-hetero) is 1. The molecule has 1 N–H and O–H groups in total. The van der Waals surface area contributed by atoms with Crippen molar-refractivity contribution in [2.24, 2.45) is 0 Å². The Balaban J connectivity index is 1.82. The Morgan fingerprint density at radius 1 is 1.15 bits per heavy atom. The van der Waals surface area contributed by atoms with Crippen molar-refractivity contribution in [3.8, 4) is 5.75 Å². The monoisotopic (exact) mass is 453 g/mol. The van der Waals surface area contributed by atoms with Gasteiger partial charge < -0.3 is 14.8 Å². The number of hydrogen-bond acceptors (Lipinski definition) is 5. The van der Waals surface area contributed by atoms with Crippen LogP contribution in [0.15, 0.2) is 40.9 Å². The first-order valence-electron chi connectivity index (χ1n) is 7.91. The molecular formula is C19H17BrClNO5. The maximum atomic E-state index is 11.9. The third-order valence-electron chi connectivity index (χ3n) is 3.45. The highest BCUT2D eigenvalue weighted by Gasteiger charge is 2.13. The van der Waals surface area contributed by atoms with Gasteiger partial charge in [-0.25, -0.2) is 4.79 Å². The fourth-order valence-electron chi connectivity index (χ4n) is 2.20. The van der Waals surface area contributed by atoms with Crippen molar-refractivity contribution >= 4 is 50.9 Å². The maximum Gasteiger partial charge on any atom is 0.344 e. The molecule has 1 amide bonds. The van der Waals surface area contributed by atoms with Gasteiger partial charge in [-0.1, -0.05) is 39.7 Å². The topological polar surface area (TPSA) is 81.7 Å². The molecule has 27 heavy (non-hydrogen) atoms. The second kappa shape index (κ2) is 9.53. The minimum absolute atomic E-state index is 0.114. The Hall–Kier alpha value is -2.38. The highest BCUT2D eigenvalue weighted by Crippen LogP contribution is 2.31. The number of benzene rings is 2. The number of carbonyl (C=O) groups excluding carboxylic acids is 3. The van der Waals surface area contributed by atoms with Gasteiger partial charge in [0.25, 0.3) is 5.91 Å². The first kappa shape index (κ1) is 20.9. The molecular weight excluding hydrogens is 438 g/mol. The number of ketones is 1. The predicted molar refractivity (Wildman–Crippen MR) is 105 cm³/mol. The van der Waals surface area contributed by atoms with Crippen LogP contribution in [-0.4, -0.2) is 30.9 Å². The number of amides is 1. The third-order valence-corrected chi connectivity index (χ3v) is 4.18. The van der Waals surface area contributed by atoms with Crippen LogP contribution in [0.4, 0.5) is 5.69 Å². The van der Waals surface area contributed by atoms with Crippen LogP contribution in [0.5, 0.6) is 5.75 Å². The summed E-state index contributed by atoms with van der Waals surface area (Å²) >= 11 is 9.39. The van der Waals surface area contributed by atoms with E-state index in [4.69, 9.17) is 21.1 Å². The number of halogens is 2. The molecule has 0 aliphatic heterocycles. The second-order valence-electron chi connectivity index (χ2n) is 5.67. The van der Waals surface area contributed by atoms with E-state index in [0.717, 1.165) is 10.0 Å². The predicted octanol–water partition coefficient (Wildman–Crippen LogP) is 4.17. The van der Waals surface area contributed by atoms with Crippen molar-refractivity contribution in [2.45, 2.75) is 13.8 Å². The van der Waals surface area contributed by atoms with Crippen LogP contribution in [0.3, 0.4) is 0 Å². The molecule has 2 aromatic carbocycles. The van der Waals surface area contributed by atoms with Gasteiger partial charge in [0.1, 0.15) is 5.75 Å². The van der Waals surface area contributed by atoms with Crippen molar-refractivity contribution in [3.05, 3.63) is 57.0 Å². The van der Waals surface area contributed by atoms with Crippen molar-refractivity contribution in [1.82, 2.24) is 0 Å². The largest absolute Gasteiger partial charge is 0.480 e. The lowest BCUT2D eigenvalue weighted by Crippen LogP contribution is -2.23. The average Bonchev–Trinajstić information content (AvgIpc) is 2.59. The number of hydrogen-bond donors (Lipinski definition) is 1. The smallest absolute Gasteiger partial charge is 0.344 e. The molecule has 142 valence electrons. The Bertz CT molecular complexity index is 861. The van der Waals surface area contributed by atoms with Gasteiger partial charge in [0.05, 0.1) is 5.02 Å². The number of ether oxygens (including phenoxy) is 2. The number of anilines is 1. The molecule has 0 aliphatic carbocycles. The molecule has 0 aliphatic rings. The van der Waals surface area contributed by atoms with Crippen LogP contribution < -0.4 is 10.1 Å². The van der Waals surface area contributed by atoms with E-state index in [9.17, 15) is 14.4 Å². The first-order valence-corrected chi connectivity index (χ1v) is 9.08. The molecule has 0 bridgehead atoms. The van der Waals surface area contributed by atoms with Crippen molar-refractivity contribution < 1.29 is 23.9 Å². The summed E-state index contributed by atoms with van der Waals surface area (Å²) < 4.78 is 11.1. The summed E-state index contributed by atoms with van der Waals surface area (Å²) in [5, 5.41) is 2.91. The zero-order valence-corrected chi connectivity index (χ0v) is 17.0. The van der Waals surface area contributed by atoms with Crippen LogP contribution in [-0.2, 0) is 14.3 Å². The van der Waals surface area contributed by atoms with E-state index in [0.29, 0.717) is 22.0 Å². The van der Waals surface area contributed by atoms with E-state index in [1.54, 1.807) is 43.3 Å². The molecule has 0 heterocycles. The number of esters is 1. The summed E-state index contributed by atoms with van der Waals surface area (Å²) in [5.41, 5.74) is 1.67. The van der Waals surface area contributed by atoms with E-state index >= 15 is 0 Å². The molecule has 0 unspecified atom stereocenters. The molecule has 0 spiro atoms. The van der Waals surface area contributed by atoms with Gasteiger partial charge in [-0.05, 0) is 43.7 Å². The summed E-state index contributed by atoms with van der Waals surface area (Å²) in [5.74, 6) is -0.971. The van der Waals surface area contributed by atoms with E-state index in [1.165, 1.54) is 6.92 Å². The molecule has 2 aromatic rings. The van der Waals surface area contributed by atoms with E-state index < -0.39 is 18.5 Å². The summed E-state index contributed by atoms with van der Waals surface area (Å²) in [6.45, 7) is 2.37. The SMILES string of the molecule is CC(=O)c1cccc(NC(=O)COC(=O)COc2c(C)cc(Br)cc2Cl)c1. The fraction of sp³-hybridized carbons (Fsp3) is 0.211. The summed E-state index contributed by atoms with van der Waals surface area (Å²) in [6.07, 6.45) is 0. The van der Waals surface area contributed by atoms with Crippen LogP contribution in [0.2, 0.25) is 5.02 Å². The highest BCUT2D eigenvalue weighted by molar-refractivity contribution is 9.10. The van der Waals surface area contributed by atoms with Gasteiger partial charge in [-0.2, -0.15) is 0 Å². The Labute approximate surface area is 169 Å². The van der Waals surface area contributed by atoms with Crippen LogP contribution in [0.1, 0.15) is 22.8 Å². The molecule has 0 fully saturated rings. The molecule has 0 saturated heterocycles. The van der Waals surface area contributed by atoms with Gasteiger partial charge in [0, 0.05) is 15.7 Å². The maximum absolute atomic E-state index is 11.9. The first-order chi connectivity index (χ1) is 12.8. The van der Waals surface area contributed by atoms with E-state index in [-0.39, 0.29) is 12.4 Å². The van der Waals surface area contributed by atoms with Crippen LogP contribution >= 0.6 is 27.5 Å². The number of rotatable bonds is 7. The minimum atomic E-state index is -0.707. The van der Waals surface area contributed by atoms with Crippen LogP contribution in [0.25, 0.3) is 0 Å². The second-order valence-corrected chi connectivity index (χ2v) is 6.99. The average molecular weight is 455 g/mol. The zero-order valence-electron chi connectivity index (χ0n) is 14.7. The molecule has 0 saturated carbocycles. The van der Waals surface area contributed by atoms with E-state index in [1.807, 2.05) is 0 Å². The standard InChI is InChI=1S/C19H17BrClNO5/c1-11-6-14(20)8-16(21)19(11)27-10-18(25)26-9-17(24)22-15-5-3-4-13(7-15)12(2)23/h3-8H,9-10H2,1-2H3,(H,22,24). The molecule has 6 nitrogen and oxygen atoms in total. The number of aryl methyl sites for hydroxylation is 1. The van der Waals surface area contributed by atoms with Gasteiger partial charge in [0.15, 0.2) is 19.0 Å². The molecule has 0 radical (unpaired) electrons. The normalized spacial score (nSPS) is 10.2. The summed E-state index contributed by atoms with van der Waals surface area (Å²) in [4.78, 5) is 35.0. The quantitative estimate of drug-likeness (QED) is 0.501. The Kier molecular flexibility index (Phi) is 7.38. The lowest BCUT2D eigenvalue weighted by molar-refractivity contribution is -0.149. The molecule has 0 aromatic heterocycles. The summed E-state index contributed by atoms with van der Waals surface area (Å²) in [6, 6.07) is 9.92. The zero-order chi connectivity index (χ0) is 20.0. The molecule has 8 heteroatoms. The van der Waals surface area contributed by atoms with Gasteiger partial charge >= 0.3 is 5.97 Å². The van der Waals surface area contributed by atoms with Crippen LogP contribution in [0, 0.1) is 6.92 Å². The van der Waals surface area contributed by atoms with Crippen molar-refractivity contribution in [1.29, 1.82) is 0 Å². The van der Waals surface area contributed by atoms with Gasteiger partial charge in [0.2, 0.25) is 0 Å². The lowest BCUT2D eigenvalue weighted by atomic mass is 10.1. The van der Waals surface area contributed by atoms with Gasteiger partial charge in [-0.15, -0.1) is 0 Å². The number of nitrogens with one attached hydrogen (secondary N) is 1.